The largest absolute Gasteiger partial charge is 0.348 e. The zero-order chi connectivity index (χ0) is 13.1. The minimum atomic E-state index is -3.85. The van der Waals surface area contributed by atoms with E-state index in [0.717, 1.165) is 12.1 Å². The Bertz CT molecular complexity index is 514. The smallest absolute Gasteiger partial charge is 0.241 e. The van der Waals surface area contributed by atoms with Gasteiger partial charge < -0.3 is 4.90 Å². The number of amides is 1. The summed E-state index contributed by atoms with van der Waals surface area (Å²) in [6, 6.07) is 4.58. The highest BCUT2D eigenvalue weighted by molar-refractivity contribution is 7.89. The molecule has 17 heavy (non-hydrogen) atoms. The highest BCUT2D eigenvalue weighted by Gasteiger charge is 2.16. The number of carbonyl (C=O) groups excluding carboxylic acids is 1. The molecule has 0 spiro atoms. The summed E-state index contributed by atoms with van der Waals surface area (Å²) >= 11 is 0. The quantitative estimate of drug-likeness (QED) is 0.840. The molecule has 0 radical (unpaired) electrons. The minimum absolute atomic E-state index is 0.205. The lowest BCUT2D eigenvalue weighted by molar-refractivity contribution is -0.127. The van der Waals surface area contributed by atoms with Crippen molar-refractivity contribution in [1.82, 2.24) is 9.62 Å². The summed E-state index contributed by atoms with van der Waals surface area (Å²) in [6.45, 7) is -0.355. The van der Waals surface area contributed by atoms with Gasteiger partial charge in [-0.25, -0.2) is 17.5 Å². The van der Waals surface area contributed by atoms with Crippen molar-refractivity contribution in [2.24, 2.45) is 0 Å². The van der Waals surface area contributed by atoms with Gasteiger partial charge in [0.2, 0.25) is 15.9 Å². The van der Waals surface area contributed by atoms with Gasteiger partial charge in [0.05, 0.1) is 11.4 Å². The first-order valence-electron chi connectivity index (χ1n) is 4.78. The Balaban J connectivity index is 2.80. The molecule has 1 N–H and O–H groups in total. The second kappa shape index (κ2) is 5.24. The van der Waals surface area contributed by atoms with Crippen molar-refractivity contribution < 1.29 is 17.6 Å². The molecule has 1 amide bonds. The Morgan fingerprint density at radius 3 is 2.59 bits per heavy atom. The van der Waals surface area contributed by atoms with Gasteiger partial charge in [-0.05, 0) is 18.2 Å². The average Bonchev–Trinajstić information content (AvgIpc) is 2.26. The SMILES string of the molecule is CN(C)C(=O)CNS(=O)(=O)c1cccc(F)c1. The molecule has 0 aromatic heterocycles. The number of hydrogen-bond acceptors (Lipinski definition) is 3. The summed E-state index contributed by atoms with van der Waals surface area (Å²) in [7, 11) is -0.823. The van der Waals surface area contributed by atoms with Crippen LogP contribution < -0.4 is 4.72 Å². The maximum Gasteiger partial charge on any atom is 0.241 e. The van der Waals surface area contributed by atoms with E-state index in [1.165, 1.54) is 31.1 Å². The third-order valence-electron chi connectivity index (χ3n) is 2.02. The Kier molecular flexibility index (Phi) is 4.19. The number of hydrogen-bond donors (Lipinski definition) is 1. The van der Waals surface area contributed by atoms with Crippen LogP contribution in [-0.4, -0.2) is 39.9 Å². The van der Waals surface area contributed by atoms with Gasteiger partial charge in [0, 0.05) is 14.1 Å². The number of likely N-dealkylation sites (N-methyl/N-ethyl adjacent to an activating group) is 1. The van der Waals surface area contributed by atoms with Crippen LogP contribution in [0.3, 0.4) is 0 Å². The molecule has 0 saturated carbocycles. The van der Waals surface area contributed by atoms with Gasteiger partial charge in [0.15, 0.2) is 0 Å². The van der Waals surface area contributed by atoms with Crippen molar-refractivity contribution in [2.75, 3.05) is 20.6 Å². The van der Waals surface area contributed by atoms with E-state index in [9.17, 15) is 17.6 Å². The summed E-state index contributed by atoms with van der Waals surface area (Å²) < 4.78 is 38.3. The van der Waals surface area contributed by atoms with Crippen LogP contribution in [0.2, 0.25) is 0 Å². The number of rotatable bonds is 4. The molecular weight excluding hydrogens is 247 g/mol. The lowest BCUT2D eigenvalue weighted by Crippen LogP contribution is -2.36. The Hall–Kier alpha value is -1.47. The molecule has 5 nitrogen and oxygen atoms in total. The third kappa shape index (κ3) is 3.79. The molecule has 7 heteroatoms. The fourth-order valence-corrected chi connectivity index (χ4v) is 2.04. The monoisotopic (exact) mass is 260 g/mol. The van der Waals surface area contributed by atoms with Crippen molar-refractivity contribution in [1.29, 1.82) is 0 Å². The van der Waals surface area contributed by atoms with Crippen LogP contribution in [-0.2, 0) is 14.8 Å². The molecule has 0 atom stereocenters. The average molecular weight is 260 g/mol. The summed E-state index contributed by atoms with van der Waals surface area (Å²) in [5.74, 6) is -1.03. The van der Waals surface area contributed by atoms with Crippen LogP contribution in [0.4, 0.5) is 4.39 Å². The van der Waals surface area contributed by atoms with Gasteiger partial charge in [-0.1, -0.05) is 6.07 Å². The Morgan fingerprint density at radius 2 is 2.06 bits per heavy atom. The number of halogens is 1. The van der Waals surface area contributed by atoms with E-state index in [1.807, 2.05) is 0 Å². The van der Waals surface area contributed by atoms with Crippen LogP contribution in [0.15, 0.2) is 29.2 Å². The molecule has 0 aliphatic carbocycles. The van der Waals surface area contributed by atoms with Crippen molar-refractivity contribution in [3.05, 3.63) is 30.1 Å². The van der Waals surface area contributed by atoms with Gasteiger partial charge in [0.1, 0.15) is 5.82 Å². The fraction of sp³-hybridized carbons (Fsp3) is 0.300. The summed E-state index contributed by atoms with van der Waals surface area (Å²) in [5.41, 5.74) is 0. The number of carbonyl (C=O) groups is 1. The van der Waals surface area contributed by atoms with Crippen LogP contribution in [0.25, 0.3) is 0 Å². The first-order valence-corrected chi connectivity index (χ1v) is 6.26. The van der Waals surface area contributed by atoms with E-state index < -0.39 is 15.8 Å². The maximum absolute atomic E-state index is 12.9. The van der Waals surface area contributed by atoms with E-state index in [-0.39, 0.29) is 17.3 Å². The molecule has 1 aromatic rings. The van der Waals surface area contributed by atoms with Crippen molar-refractivity contribution in [2.45, 2.75) is 4.90 Å². The molecule has 1 rings (SSSR count). The van der Waals surface area contributed by atoms with Gasteiger partial charge >= 0.3 is 0 Å². The molecular formula is C10H13FN2O3S. The Labute approximate surface area is 99.3 Å². The number of sulfonamides is 1. The number of nitrogens with zero attached hydrogens (tertiary/aromatic N) is 1. The normalized spacial score (nSPS) is 11.2. The number of benzene rings is 1. The van der Waals surface area contributed by atoms with E-state index >= 15 is 0 Å². The second-order valence-electron chi connectivity index (χ2n) is 3.57. The molecule has 0 saturated heterocycles. The summed E-state index contributed by atoms with van der Waals surface area (Å²) in [6.07, 6.45) is 0. The molecule has 0 aliphatic heterocycles. The van der Waals surface area contributed by atoms with E-state index in [4.69, 9.17) is 0 Å². The molecule has 0 heterocycles. The maximum atomic E-state index is 12.9. The molecule has 0 bridgehead atoms. The zero-order valence-corrected chi connectivity index (χ0v) is 10.3. The molecule has 1 aromatic carbocycles. The van der Waals surface area contributed by atoms with Crippen molar-refractivity contribution >= 4 is 15.9 Å². The standard InChI is InChI=1S/C10H13FN2O3S/c1-13(2)10(14)7-12-17(15,16)9-5-3-4-8(11)6-9/h3-6,12H,7H2,1-2H3. The molecule has 0 aliphatic rings. The zero-order valence-electron chi connectivity index (χ0n) is 9.47. The van der Waals surface area contributed by atoms with Crippen LogP contribution in [0, 0.1) is 5.82 Å². The van der Waals surface area contributed by atoms with Gasteiger partial charge in [-0.3, -0.25) is 4.79 Å². The predicted molar refractivity (Wildman–Crippen MR) is 60.3 cm³/mol. The third-order valence-corrected chi connectivity index (χ3v) is 3.42. The van der Waals surface area contributed by atoms with Gasteiger partial charge in [-0.2, -0.15) is 0 Å². The minimum Gasteiger partial charge on any atom is -0.348 e. The second-order valence-corrected chi connectivity index (χ2v) is 5.34. The first-order chi connectivity index (χ1) is 7.83. The molecule has 94 valence electrons. The first kappa shape index (κ1) is 13.6. The summed E-state index contributed by atoms with van der Waals surface area (Å²) in [5, 5.41) is 0. The molecule has 0 fully saturated rings. The van der Waals surface area contributed by atoms with E-state index in [2.05, 4.69) is 4.72 Å². The van der Waals surface area contributed by atoms with E-state index in [1.54, 1.807) is 0 Å². The predicted octanol–water partition coefficient (Wildman–Crippen LogP) is 0.192. The van der Waals surface area contributed by atoms with Crippen molar-refractivity contribution in [3.63, 3.8) is 0 Å². The highest BCUT2D eigenvalue weighted by Crippen LogP contribution is 2.09. The topological polar surface area (TPSA) is 66.5 Å². The number of nitrogens with one attached hydrogen (secondary N) is 1. The molecule has 0 unspecified atom stereocenters. The van der Waals surface area contributed by atoms with Crippen molar-refractivity contribution in [3.8, 4) is 0 Å². The van der Waals surface area contributed by atoms with E-state index in [0.29, 0.717) is 0 Å². The van der Waals surface area contributed by atoms with Crippen LogP contribution in [0.1, 0.15) is 0 Å². The van der Waals surface area contributed by atoms with Crippen LogP contribution >= 0.6 is 0 Å². The van der Waals surface area contributed by atoms with Gasteiger partial charge in [-0.15, -0.1) is 0 Å². The fourth-order valence-electron chi connectivity index (χ4n) is 1.03. The Morgan fingerprint density at radius 1 is 1.41 bits per heavy atom. The highest BCUT2D eigenvalue weighted by atomic mass is 32.2. The lowest BCUT2D eigenvalue weighted by atomic mass is 10.4. The summed E-state index contributed by atoms with van der Waals surface area (Å²) in [4.78, 5) is 12.3. The van der Waals surface area contributed by atoms with Gasteiger partial charge in [0.25, 0.3) is 0 Å². The lowest BCUT2D eigenvalue weighted by Gasteiger charge is -2.11. The van der Waals surface area contributed by atoms with Crippen LogP contribution in [0.5, 0.6) is 0 Å².